The maximum Gasteiger partial charge on any atom is 0.325 e. The Morgan fingerprint density at radius 1 is 0.914 bits per heavy atom. The van der Waals surface area contributed by atoms with Crippen molar-refractivity contribution < 1.29 is 28.2 Å². The van der Waals surface area contributed by atoms with Gasteiger partial charge in [-0.15, -0.1) is 0 Å². The van der Waals surface area contributed by atoms with Gasteiger partial charge in [0.2, 0.25) is 5.91 Å². The molecule has 0 saturated heterocycles. The van der Waals surface area contributed by atoms with Crippen molar-refractivity contribution in [1.82, 2.24) is 10.3 Å². The number of ether oxygens (including phenoxy) is 3. The molecule has 0 radical (unpaired) electrons. The van der Waals surface area contributed by atoms with E-state index in [4.69, 9.17) is 14.2 Å². The SMILES string of the molecule is COc1cc2nccc(Oc3ccc(NC(=O)NC(=O)Cc4ccccc4)c(F)c3)c2cc1OC. The second-order valence-electron chi connectivity index (χ2n) is 7.44. The molecule has 4 aromatic rings. The summed E-state index contributed by atoms with van der Waals surface area (Å²) in [5, 5.41) is 5.16. The fourth-order valence-electron chi connectivity index (χ4n) is 3.43. The van der Waals surface area contributed by atoms with Crippen LogP contribution in [0.25, 0.3) is 10.9 Å². The zero-order valence-electron chi connectivity index (χ0n) is 19.0. The molecule has 35 heavy (non-hydrogen) atoms. The molecular weight excluding hydrogens is 453 g/mol. The molecule has 9 heteroatoms. The van der Waals surface area contributed by atoms with Crippen molar-refractivity contribution in [2.24, 2.45) is 0 Å². The van der Waals surface area contributed by atoms with Crippen LogP contribution in [0.3, 0.4) is 0 Å². The molecule has 0 aliphatic rings. The van der Waals surface area contributed by atoms with Gasteiger partial charge in [-0.3, -0.25) is 15.1 Å². The number of urea groups is 1. The fraction of sp³-hybridized carbons (Fsp3) is 0.115. The molecule has 0 aliphatic carbocycles. The summed E-state index contributed by atoms with van der Waals surface area (Å²) in [4.78, 5) is 28.5. The Balaban J connectivity index is 1.45. The molecule has 2 N–H and O–H groups in total. The Bertz CT molecular complexity index is 1380. The van der Waals surface area contributed by atoms with Crippen LogP contribution < -0.4 is 24.8 Å². The number of carbonyl (C=O) groups is 2. The number of fused-ring (bicyclic) bond motifs is 1. The summed E-state index contributed by atoms with van der Waals surface area (Å²) in [6.45, 7) is 0. The molecule has 0 saturated carbocycles. The highest BCUT2D eigenvalue weighted by Crippen LogP contribution is 2.37. The number of pyridine rings is 1. The minimum Gasteiger partial charge on any atom is -0.493 e. The number of carbonyl (C=O) groups excluding carboxylic acids is 2. The van der Waals surface area contributed by atoms with Crippen LogP contribution in [-0.2, 0) is 11.2 Å². The van der Waals surface area contributed by atoms with E-state index in [2.05, 4.69) is 15.6 Å². The van der Waals surface area contributed by atoms with Crippen molar-refractivity contribution in [2.45, 2.75) is 6.42 Å². The van der Waals surface area contributed by atoms with Crippen LogP contribution in [0, 0.1) is 5.82 Å². The molecule has 1 heterocycles. The Kier molecular flexibility index (Phi) is 7.06. The summed E-state index contributed by atoms with van der Waals surface area (Å²) in [6.07, 6.45) is 1.59. The maximum atomic E-state index is 14.7. The number of aromatic nitrogens is 1. The first kappa shape index (κ1) is 23.5. The zero-order chi connectivity index (χ0) is 24.8. The third-order valence-corrected chi connectivity index (χ3v) is 5.08. The van der Waals surface area contributed by atoms with E-state index in [0.29, 0.717) is 28.2 Å². The molecule has 0 fully saturated rings. The predicted molar refractivity (Wildman–Crippen MR) is 129 cm³/mol. The first-order valence-corrected chi connectivity index (χ1v) is 10.6. The van der Waals surface area contributed by atoms with Gasteiger partial charge in [-0.05, 0) is 29.8 Å². The van der Waals surface area contributed by atoms with Crippen LogP contribution >= 0.6 is 0 Å². The quantitative estimate of drug-likeness (QED) is 0.387. The second-order valence-corrected chi connectivity index (χ2v) is 7.44. The maximum absolute atomic E-state index is 14.7. The van der Waals surface area contributed by atoms with Crippen molar-refractivity contribution in [3.05, 3.63) is 84.3 Å². The number of nitrogens with one attached hydrogen (secondary N) is 2. The lowest BCUT2D eigenvalue weighted by Gasteiger charge is -2.13. The molecule has 0 aliphatic heterocycles. The van der Waals surface area contributed by atoms with Crippen molar-refractivity contribution >= 4 is 28.5 Å². The van der Waals surface area contributed by atoms with Crippen LogP contribution in [0.1, 0.15) is 5.56 Å². The lowest BCUT2D eigenvalue weighted by atomic mass is 10.1. The summed E-state index contributed by atoms with van der Waals surface area (Å²) in [7, 11) is 3.05. The highest BCUT2D eigenvalue weighted by molar-refractivity contribution is 6.01. The minimum atomic E-state index is -0.834. The summed E-state index contributed by atoms with van der Waals surface area (Å²) in [5.74, 6) is 0.413. The third kappa shape index (κ3) is 5.64. The number of benzene rings is 3. The van der Waals surface area contributed by atoms with Gasteiger partial charge >= 0.3 is 6.03 Å². The van der Waals surface area contributed by atoms with Gasteiger partial charge in [-0.25, -0.2) is 9.18 Å². The summed E-state index contributed by atoms with van der Waals surface area (Å²) >= 11 is 0. The van der Waals surface area contributed by atoms with Gasteiger partial charge in [0, 0.05) is 23.7 Å². The number of imide groups is 1. The van der Waals surface area contributed by atoms with E-state index in [1.807, 2.05) is 6.07 Å². The smallest absolute Gasteiger partial charge is 0.325 e. The molecule has 4 rings (SSSR count). The average molecular weight is 475 g/mol. The lowest BCUT2D eigenvalue weighted by molar-refractivity contribution is -0.119. The summed E-state index contributed by atoms with van der Waals surface area (Å²) in [6, 6.07) is 17.2. The molecule has 0 bridgehead atoms. The van der Waals surface area contributed by atoms with Gasteiger partial charge in [0.15, 0.2) is 11.5 Å². The standard InChI is InChI=1S/C26H22FN3O5/c1-33-23-14-18-21(15-24(23)34-2)28-11-10-22(18)35-17-8-9-20(19(27)13-17)29-26(32)30-25(31)12-16-6-4-3-5-7-16/h3-11,13-15H,12H2,1-2H3,(H2,29,30,31,32). The Morgan fingerprint density at radius 2 is 1.66 bits per heavy atom. The van der Waals surface area contributed by atoms with Crippen LogP contribution in [0.15, 0.2) is 72.9 Å². The van der Waals surface area contributed by atoms with Crippen LogP contribution in [0.2, 0.25) is 0 Å². The van der Waals surface area contributed by atoms with Crippen LogP contribution in [-0.4, -0.2) is 31.1 Å². The van der Waals surface area contributed by atoms with Gasteiger partial charge in [0.05, 0.1) is 31.8 Å². The number of methoxy groups -OCH3 is 2. The molecule has 3 amide bonds. The highest BCUT2D eigenvalue weighted by Gasteiger charge is 2.14. The Labute approximate surface area is 200 Å². The number of hydrogen-bond donors (Lipinski definition) is 2. The monoisotopic (exact) mass is 475 g/mol. The normalized spacial score (nSPS) is 10.5. The number of hydrogen-bond acceptors (Lipinski definition) is 6. The molecule has 178 valence electrons. The fourth-order valence-corrected chi connectivity index (χ4v) is 3.43. The molecule has 1 aromatic heterocycles. The topological polar surface area (TPSA) is 98.8 Å². The molecule has 3 aromatic carbocycles. The molecule has 0 spiro atoms. The van der Waals surface area contributed by atoms with Gasteiger partial charge in [0.1, 0.15) is 17.3 Å². The van der Waals surface area contributed by atoms with E-state index >= 15 is 0 Å². The van der Waals surface area contributed by atoms with Gasteiger partial charge in [-0.1, -0.05) is 30.3 Å². The van der Waals surface area contributed by atoms with Crippen molar-refractivity contribution in [3.63, 3.8) is 0 Å². The van der Waals surface area contributed by atoms with E-state index in [1.54, 1.807) is 48.7 Å². The van der Waals surface area contributed by atoms with E-state index in [-0.39, 0.29) is 17.9 Å². The Hall–Kier alpha value is -4.66. The molecule has 8 nitrogen and oxygen atoms in total. The first-order valence-electron chi connectivity index (χ1n) is 10.6. The van der Waals surface area contributed by atoms with E-state index in [9.17, 15) is 14.0 Å². The average Bonchev–Trinajstić information content (AvgIpc) is 2.85. The van der Waals surface area contributed by atoms with E-state index < -0.39 is 17.8 Å². The van der Waals surface area contributed by atoms with Crippen molar-refractivity contribution in [3.8, 4) is 23.0 Å². The van der Waals surface area contributed by atoms with Gasteiger partial charge in [0.25, 0.3) is 0 Å². The summed E-state index contributed by atoms with van der Waals surface area (Å²) in [5.41, 5.74) is 1.26. The third-order valence-electron chi connectivity index (χ3n) is 5.08. The highest BCUT2D eigenvalue weighted by atomic mass is 19.1. The number of nitrogens with zero attached hydrogens (tertiary/aromatic N) is 1. The minimum absolute atomic E-state index is 0.0278. The number of halogens is 1. The zero-order valence-corrected chi connectivity index (χ0v) is 19.0. The predicted octanol–water partition coefficient (Wildman–Crippen LogP) is 5.07. The van der Waals surface area contributed by atoms with Crippen LogP contribution in [0.4, 0.5) is 14.9 Å². The molecular formula is C26H22FN3O5. The largest absolute Gasteiger partial charge is 0.493 e. The first-order chi connectivity index (χ1) is 17.0. The van der Waals surface area contributed by atoms with Crippen molar-refractivity contribution in [1.29, 1.82) is 0 Å². The number of anilines is 1. The Morgan fingerprint density at radius 3 is 2.37 bits per heavy atom. The van der Waals surface area contributed by atoms with Gasteiger partial charge < -0.3 is 19.5 Å². The van der Waals surface area contributed by atoms with Crippen molar-refractivity contribution in [2.75, 3.05) is 19.5 Å². The summed E-state index contributed by atoms with van der Waals surface area (Å²) < 4.78 is 31.2. The van der Waals surface area contributed by atoms with Crippen LogP contribution in [0.5, 0.6) is 23.0 Å². The second kappa shape index (κ2) is 10.5. The van der Waals surface area contributed by atoms with E-state index in [0.717, 1.165) is 11.6 Å². The molecule has 0 atom stereocenters. The number of amides is 3. The lowest BCUT2D eigenvalue weighted by Crippen LogP contribution is -2.35. The van der Waals surface area contributed by atoms with Gasteiger partial charge in [-0.2, -0.15) is 0 Å². The van der Waals surface area contributed by atoms with E-state index in [1.165, 1.54) is 26.4 Å². The number of rotatable bonds is 7. The molecule has 0 unspecified atom stereocenters.